The number of aliphatic carboxylic acids is 1. The van der Waals surface area contributed by atoms with Gasteiger partial charge >= 0.3 is 5.97 Å². The third-order valence-corrected chi connectivity index (χ3v) is 5.94. The van der Waals surface area contributed by atoms with E-state index in [4.69, 9.17) is 17.2 Å². The van der Waals surface area contributed by atoms with Gasteiger partial charge in [0.1, 0.15) is 23.9 Å². The zero-order valence-electron chi connectivity index (χ0n) is 21.8. The molecule has 0 aliphatic carbocycles. The second-order valence-corrected chi connectivity index (χ2v) is 9.23. The molecule has 0 aliphatic rings. The zero-order chi connectivity index (χ0) is 29.7. The zero-order valence-corrected chi connectivity index (χ0v) is 21.8. The number of aromatic hydroxyl groups is 1. The SMILES string of the molecule is NCCCCC(NC(=O)C(N)Cc1ccc(O)cc1)C(=O)NC(CC(N)=O)C(=O)NC(Cc1cnc[nH]1)C(=O)O. The number of aromatic amines is 1. The van der Waals surface area contributed by atoms with Gasteiger partial charge in [0.25, 0.3) is 0 Å². The lowest BCUT2D eigenvalue weighted by molar-refractivity contribution is -0.142. The molecule has 40 heavy (non-hydrogen) atoms. The number of carbonyl (C=O) groups excluding carboxylic acids is 4. The molecular weight excluding hydrogens is 524 g/mol. The second kappa shape index (κ2) is 15.8. The summed E-state index contributed by atoms with van der Waals surface area (Å²) in [5.41, 5.74) is 18.0. The second-order valence-electron chi connectivity index (χ2n) is 9.23. The number of unbranched alkanes of at least 4 members (excludes halogenated alkanes) is 1. The number of carboxylic acids is 1. The highest BCUT2D eigenvalue weighted by Gasteiger charge is 2.31. The van der Waals surface area contributed by atoms with Gasteiger partial charge < -0.3 is 48.3 Å². The highest BCUT2D eigenvalue weighted by molar-refractivity contribution is 5.96. The summed E-state index contributed by atoms with van der Waals surface area (Å²) in [4.78, 5) is 68.8. The number of amides is 4. The molecule has 2 aromatic rings. The third kappa shape index (κ3) is 10.7. The predicted octanol–water partition coefficient (Wildman–Crippen LogP) is -2.23. The molecule has 2 rings (SSSR count). The fourth-order valence-corrected chi connectivity index (χ4v) is 3.79. The van der Waals surface area contributed by atoms with Crippen LogP contribution in [0.15, 0.2) is 36.8 Å². The summed E-state index contributed by atoms with van der Waals surface area (Å²) in [6.45, 7) is 0.349. The molecular formula is C25H36N8O7. The number of benzene rings is 1. The van der Waals surface area contributed by atoms with Crippen molar-refractivity contribution in [2.45, 2.75) is 62.7 Å². The lowest BCUT2D eigenvalue weighted by Crippen LogP contribution is -2.58. The Labute approximate surface area is 230 Å². The average Bonchev–Trinajstić information content (AvgIpc) is 3.41. The van der Waals surface area contributed by atoms with E-state index < -0.39 is 60.2 Å². The van der Waals surface area contributed by atoms with Gasteiger partial charge in [-0.2, -0.15) is 0 Å². The quantitative estimate of drug-likeness (QED) is 0.0939. The van der Waals surface area contributed by atoms with E-state index in [-0.39, 0.29) is 25.0 Å². The number of H-pyrrole nitrogens is 1. The number of imidazole rings is 1. The van der Waals surface area contributed by atoms with E-state index in [0.717, 1.165) is 0 Å². The molecule has 1 aromatic carbocycles. The molecule has 1 heterocycles. The van der Waals surface area contributed by atoms with Gasteiger partial charge in [-0.05, 0) is 49.9 Å². The van der Waals surface area contributed by atoms with Crippen LogP contribution in [0.4, 0.5) is 0 Å². The fraction of sp³-hybridized carbons (Fsp3) is 0.440. The minimum Gasteiger partial charge on any atom is -0.508 e. The van der Waals surface area contributed by atoms with Gasteiger partial charge in [0.2, 0.25) is 23.6 Å². The van der Waals surface area contributed by atoms with Crippen molar-refractivity contribution in [3.63, 3.8) is 0 Å². The molecule has 12 N–H and O–H groups in total. The molecule has 0 saturated heterocycles. The topological polar surface area (TPSA) is 269 Å². The molecule has 15 nitrogen and oxygen atoms in total. The highest BCUT2D eigenvalue weighted by atomic mass is 16.4. The number of rotatable bonds is 17. The van der Waals surface area contributed by atoms with E-state index in [1.165, 1.54) is 24.7 Å². The van der Waals surface area contributed by atoms with Crippen molar-refractivity contribution in [2.75, 3.05) is 6.54 Å². The number of nitrogens with zero attached hydrogens (tertiary/aromatic N) is 1. The summed E-state index contributed by atoms with van der Waals surface area (Å²) in [6, 6.07) is 1.07. The Kier molecular flexibility index (Phi) is 12.5. The number of carboxylic acid groups (broad SMARTS) is 1. The minimum atomic E-state index is -1.51. The van der Waals surface area contributed by atoms with E-state index in [1.54, 1.807) is 12.1 Å². The van der Waals surface area contributed by atoms with Gasteiger partial charge in [-0.15, -0.1) is 0 Å². The summed E-state index contributed by atoms with van der Waals surface area (Å²) < 4.78 is 0. The molecule has 0 bridgehead atoms. The molecule has 4 amide bonds. The number of phenols is 1. The minimum absolute atomic E-state index is 0.0592. The maximum atomic E-state index is 13.2. The van der Waals surface area contributed by atoms with Crippen LogP contribution in [0.25, 0.3) is 0 Å². The number of aromatic nitrogens is 2. The monoisotopic (exact) mass is 560 g/mol. The predicted molar refractivity (Wildman–Crippen MR) is 142 cm³/mol. The van der Waals surface area contributed by atoms with Gasteiger partial charge in [0.05, 0.1) is 18.8 Å². The molecule has 0 aliphatic heterocycles. The number of hydrogen-bond donors (Lipinski definition) is 9. The maximum Gasteiger partial charge on any atom is 0.326 e. The molecule has 0 radical (unpaired) electrons. The summed E-state index contributed by atoms with van der Waals surface area (Å²) >= 11 is 0. The Hall–Kier alpha value is -4.50. The third-order valence-electron chi connectivity index (χ3n) is 5.94. The van der Waals surface area contributed by atoms with Gasteiger partial charge in [0.15, 0.2) is 0 Å². The molecule has 0 saturated carbocycles. The molecule has 4 atom stereocenters. The number of phenolic OH excluding ortho intramolecular Hbond substituents is 1. The van der Waals surface area contributed by atoms with Crippen molar-refractivity contribution in [3.8, 4) is 5.75 Å². The molecule has 218 valence electrons. The Morgan fingerprint density at radius 2 is 1.52 bits per heavy atom. The lowest BCUT2D eigenvalue weighted by Gasteiger charge is -2.25. The van der Waals surface area contributed by atoms with E-state index in [9.17, 15) is 34.2 Å². The van der Waals surface area contributed by atoms with E-state index in [2.05, 4.69) is 25.9 Å². The standard InChI is InChI=1S/C25H36N8O7/c26-8-2-1-3-18(31-22(36)17(27)9-14-4-6-16(34)7-5-14)23(37)32-19(11-21(28)35)24(38)33-20(25(39)40)10-15-12-29-13-30-15/h4-7,12-13,17-20,34H,1-3,8-11,26-27H2,(H2,28,35)(H,29,30)(H,31,36)(H,32,37)(H,33,38)(H,39,40). The van der Waals surface area contributed by atoms with Crippen molar-refractivity contribution < 1.29 is 34.2 Å². The van der Waals surface area contributed by atoms with Crippen LogP contribution in [0, 0.1) is 0 Å². The van der Waals surface area contributed by atoms with Gasteiger partial charge in [-0.1, -0.05) is 12.1 Å². The summed E-state index contributed by atoms with van der Waals surface area (Å²) in [5.74, 6) is -4.58. The van der Waals surface area contributed by atoms with Crippen LogP contribution in [0.1, 0.15) is 36.9 Å². The Morgan fingerprint density at radius 1 is 0.900 bits per heavy atom. The number of primary amides is 1. The summed E-state index contributed by atoms with van der Waals surface area (Å²) in [6.07, 6.45) is 3.30. The molecule has 4 unspecified atom stereocenters. The van der Waals surface area contributed by atoms with Crippen LogP contribution >= 0.6 is 0 Å². The average molecular weight is 561 g/mol. The van der Waals surface area contributed by atoms with Crippen molar-refractivity contribution in [3.05, 3.63) is 48.0 Å². The molecule has 0 spiro atoms. The molecule has 0 fully saturated rings. The normalized spacial score (nSPS) is 13.8. The smallest absolute Gasteiger partial charge is 0.326 e. The summed E-state index contributed by atoms with van der Waals surface area (Å²) in [7, 11) is 0. The maximum absolute atomic E-state index is 13.2. The van der Waals surface area contributed by atoms with Crippen LogP contribution in [0.2, 0.25) is 0 Å². The molecule has 1 aromatic heterocycles. The van der Waals surface area contributed by atoms with Crippen molar-refractivity contribution in [1.29, 1.82) is 0 Å². The summed E-state index contributed by atoms with van der Waals surface area (Å²) in [5, 5.41) is 26.2. The Bertz CT molecular complexity index is 1140. The van der Waals surface area contributed by atoms with Gasteiger partial charge in [-0.3, -0.25) is 19.2 Å². The van der Waals surface area contributed by atoms with Gasteiger partial charge in [-0.25, -0.2) is 9.78 Å². The van der Waals surface area contributed by atoms with E-state index in [0.29, 0.717) is 30.6 Å². The lowest BCUT2D eigenvalue weighted by atomic mass is 10.0. The first kappa shape index (κ1) is 31.7. The number of hydrogen-bond acceptors (Lipinski definition) is 9. The largest absolute Gasteiger partial charge is 0.508 e. The van der Waals surface area contributed by atoms with E-state index in [1.807, 2.05) is 0 Å². The van der Waals surface area contributed by atoms with E-state index >= 15 is 0 Å². The van der Waals surface area contributed by atoms with Crippen molar-refractivity contribution >= 4 is 29.6 Å². The van der Waals surface area contributed by atoms with Crippen LogP contribution in [0.5, 0.6) is 5.75 Å². The molecule has 15 heteroatoms. The van der Waals surface area contributed by atoms with Crippen LogP contribution in [-0.4, -0.2) is 80.5 Å². The van der Waals surface area contributed by atoms with Crippen molar-refractivity contribution in [1.82, 2.24) is 25.9 Å². The van der Waals surface area contributed by atoms with Crippen LogP contribution in [0.3, 0.4) is 0 Å². The van der Waals surface area contributed by atoms with Gasteiger partial charge in [0, 0.05) is 18.3 Å². The Balaban J connectivity index is 2.12. The number of carbonyl (C=O) groups is 5. The van der Waals surface area contributed by atoms with Crippen molar-refractivity contribution in [2.24, 2.45) is 17.2 Å². The highest BCUT2D eigenvalue weighted by Crippen LogP contribution is 2.11. The first-order valence-electron chi connectivity index (χ1n) is 12.6. The number of nitrogens with one attached hydrogen (secondary N) is 4. The first-order valence-corrected chi connectivity index (χ1v) is 12.6. The van der Waals surface area contributed by atoms with Crippen LogP contribution in [-0.2, 0) is 36.8 Å². The first-order chi connectivity index (χ1) is 19.0. The number of nitrogens with two attached hydrogens (primary N) is 3. The fourth-order valence-electron chi connectivity index (χ4n) is 3.79. The Morgan fingerprint density at radius 3 is 2.10 bits per heavy atom. The van der Waals surface area contributed by atoms with Crippen LogP contribution < -0.4 is 33.2 Å².